The summed E-state index contributed by atoms with van der Waals surface area (Å²) in [5, 5.41) is 15.3. The van der Waals surface area contributed by atoms with E-state index in [-0.39, 0.29) is 0 Å². The fourth-order valence-corrected chi connectivity index (χ4v) is 1.98. The van der Waals surface area contributed by atoms with Gasteiger partial charge in [-0.3, -0.25) is 0 Å². The molecule has 2 aromatic carbocycles. The lowest BCUT2D eigenvalue weighted by atomic mass is 10.1. The summed E-state index contributed by atoms with van der Waals surface area (Å²) in [5.41, 5.74) is 2.97. The molecule has 2 N–H and O–H groups in total. The Morgan fingerprint density at radius 1 is 1.00 bits per heavy atom. The molecule has 0 atom stereocenters. The summed E-state index contributed by atoms with van der Waals surface area (Å²) in [6.07, 6.45) is 0. The number of hydrogen-bond donors (Lipinski definition) is 2. The van der Waals surface area contributed by atoms with Crippen molar-refractivity contribution in [2.24, 2.45) is 4.99 Å². The van der Waals surface area contributed by atoms with Crippen molar-refractivity contribution in [3.8, 4) is 6.07 Å². The summed E-state index contributed by atoms with van der Waals surface area (Å²) in [6.45, 7) is 4.17. The molecule has 4 nitrogen and oxygen atoms in total. The first-order valence-electron chi connectivity index (χ1n) is 7.37. The van der Waals surface area contributed by atoms with Gasteiger partial charge >= 0.3 is 0 Å². The fraction of sp³-hybridized carbons (Fsp3) is 0.222. The maximum atomic E-state index is 8.80. The molecule has 0 saturated heterocycles. The molecule has 0 aromatic heterocycles. The van der Waals surface area contributed by atoms with Crippen molar-refractivity contribution in [3.63, 3.8) is 0 Å². The van der Waals surface area contributed by atoms with Gasteiger partial charge in [0.05, 0.1) is 18.2 Å². The quantitative estimate of drug-likeness (QED) is 0.658. The van der Waals surface area contributed by atoms with Gasteiger partial charge in [-0.2, -0.15) is 5.26 Å². The van der Waals surface area contributed by atoms with Crippen LogP contribution in [0, 0.1) is 11.3 Å². The van der Waals surface area contributed by atoms with E-state index in [9.17, 15) is 0 Å². The zero-order chi connectivity index (χ0) is 15.6. The molecule has 0 aliphatic heterocycles. The first-order chi connectivity index (χ1) is 10.8. The van der Waals surface area contributed by atoms with Crippen LogP contribution in [0.25, 0.3) is 0 Å². The molecule has 0 aliphatic carbocycles. The van der Waals surface area contributed by atoms with Gasteiger partial charge in [0.15, 0.2) is 5.96 Å². The molecule has 22 heavy (non-hydrogen) atoms. The maximum absolute atomic E-state index is 8.80. The minimum atomic E-state index is 0.642. The van der Waals surface area contributed by atoms with Crippen molar-refractivity contribution in [1.29, 1.82) is 5.26 Å². The average Bonchev–Trinajstić information content (AvgIpc) is 2.59. The summed E-state index contributed by atoms with van der Waals surface area (Å²) in [7, 11) is 0. The van der Waals surface area contributed by atoms with E-state index in [4.69, 9.17) is 5.26 Å². The second kappa shape index (κ2) is 8.48. The largest absolute Gasteiger partial charge is 0.357 e. The zero-order valence-corrected chi connectivity index (χ0v) is 12.7. The van der Waals surface area contributed by atoms with Crippen molar-refractivity contribution in [1.82, 2.24) is 10.6 Å². The van der Waals surface area contributed by atoms with Gasteiger partial charge in [-0.15, -0.1) is 0 Å². The molecule has 112 valence electrons. The smallest absolute Gasteiger partial charge is 0.191 e. The lowest BCUT2D eigenvalue weighted by molar-refractivity contribution is 0.816. The van der Waals surface area contributed by atoms with Crippen LogP contribution in [0.5, 0.6) is 0 Å². The van der Waals surface area contributed by atoms with E-state index in [1.54, 1.807) is 0 Å². The zero-order valence-electron chi connectivity index (χ0n) is 12.7. The number of nitrogens with one attached hydrogen (secondary N) is 2. The molecule has 0 amide bonds. The highest BCUT2D eigenvalue weighted by Crippen LogP contribution is 2.03. The van der Waals surface area contributed by atoms with Crippen LogP contribution in [0.3, 0.4) is 0 Å². The van der Waals surface area contributed by atoms with E-state index in [0.29, 0.717) is 18.7 Å². The predicted molar refractivity (Wildman–Crippen MR) is 89.3 cm³/mol. The van der Waals surface area contributed by atoms with Crippen molar-refractivity contribution >= 4 is 5.96 Å². The van der Waals surface area contributed by atoms with Crippen LogP contribution in [0.4, 0.5) is 0 Å². The summed E-state index contributed by atoms with van der Waals surface area (Å²) in [4.78, 5) is 4.57. The second-order valence-corrected chi connectivity index (χ2v) is 4.84. The number of rotatable bonds is 5. The normalized spacial score (nSPS) is 10.8. The summed E-state index contributed by atoms with van der Waals surface area (Å²) < 4.78 is 0. The van der Waals surface area contributed by atoms with Crippen molar-refractivity contribution in [3.05, 3.63) is 71.3 Å². The van der Waals surface area contributed by atoms with Gasteiger partial charge in [0, 0.05) is 13.1 Å². The van der Waals surface area contributed by atoms with Gasteiger partial charge in [0.25, 0.3) is 0 Å². The molecule has 0 fully saturated rings. The maximum Gasteiger partial charge on any atom is 0.191 e. The van der Waals surface area contributed by atoms with Gasteiger partial charge in [-0.1, -0.05) is 42.5 Å². The van der Waals surface area contributed by atoms with Crippen LogP contribution >= 0.6 is 0 Å². The van der Waals surface area contributed by atoms with Crippen molar-refractivity contribution < 1.29 is 0 Å². The van der Waals surface area contributed by atoms with Gasteiger partial charge in [-0.25, -0.2) is 4.99 Å². The highest BCUT2D eigenvalue weighted by Gasteiger charge is 1.99. The Morgan fingerprint density at radius 3 is 2.36 bits per heavy atom. The first-order valence-corrected chi connectivity index (χ1v) is 7.37. The summed E-state index contributed by atoms with van der Waals surface area (Å²) >= 11 is 0. The molecule has 0 aliphatic rings. The van der Waals surface area contributed by atoms with E-state index in [0.717, 1.165) is 18.1 Å². The third kappa shape index (κ3) is 4.95. The highest BCUT2D eigenvalue weighted by molar-refractivity contribution is 5.79. The van der Waals surface area contributed by atoms with E-state index in [1.165, 1.54) is 5.56 Å². The standard InChI is InChI=1S/C18H20N4/c1-2-20-18(21-13-16-6-4-3-5-7-16)22-14-17-10-8-15(12-19)9-11-17/h3-11H,2,13-14H2,1H3,(H2,20,21,22). The molecule has 0 unspecified atom stereocenters. The summed E-state index contributed by atoms with van der Waals surface area (Å²) in [5.74, 6) is 0.788. The van der Waals surface area contributed by atoms with Crippen molar-refractivity contribution in [2.75, 3.05) is 6.54 Å². The Kier molecular flexibility index (Phi) is 6.01. The van der Waals surface area contributed by atoms with Gasteiger partial charge in [0.1, 0.15) is 0 Å². The third-order valence-corrected chi connectivity index (χ3v) is 3.15. The fourth-order valence-electron chi connectivity index (χ4n) is 1.98. The van der Waals surface area contributed by atoms with Gasteiger partial charge in [-0.05, 0) is 30.2 Å². The van der Waals surface area contributed by atoms with Crippen LogP contribution in [0.15, 0.2) is 59.6 Å². The SMILES string of the molecule is CCNC(=NCc1ccccc1)NCc1ccc(C#N)cc1. The highest BCUT2D eigenvalue weighted by atomic mass is 15.2. The molecule has 0 saturated carbocycles. The van der Waals surface area contributed by atoms with Crippen LogP contribution in [0.1, 0.15) is 23.6 Å². The Labute approximate surface area is 131 Å². The number of guanidine groups is 1. The molecule has 0 heterocycles. The lowest BCUT2D eigenvalue weighted by Crippen LogP contribution is -2.36. The molecule has 4 heteroatoms. The Bertz CT molecular complexity index is 639. The predicted octanol–water partition coefficient (Wildman–Crippen LogP) is 2.81. The number of aliphatic imine (C=N–C) groups is 1. The Morgan fingerprint density at radius 2 is 1.73 bits per heavy atom. The second-order valence-electron chi connectivity index (χ2n) is 4.84. The Hall–Kier alpha value is -2.80. The first kappa shape index (κ1) is 15.6. The monoisotopic (exact) mass is 292 g/mol. The van der Waals surface area contributed by atoms with E-state index in [2.05, 4.69) is 33.8 Å². The molecular weight excluding hydrogens is 272 g/mol. The van der Waals surface area contributed by atoms with E-state index < -0.39 is 0 Å². The van der Waals surface area contributed by atoms with Crippen LogP contribution in [-0.2, 0) is 13.1 Å². The van der Waals surface area contributed by atoms with Gasteiger partial charge < -0.3 is 10.6 Å². The van der Waals surface area contributed by atoms with Gasteiger partial charge in [0.2, 0.25) is 0 Å². The Balaban J connectivity index is 1.94. The van der Waals surface area contributed by atoms with E-state index in [1.807, 2.05) is 49.4 Å². The molecular formula is C18H20N4. The van der Waals surface area contributed by atoms with Crippen LogP contribution in [0.2, 0.25) is 0 Å². The average molecular weight is 292 g/mol. The number of hydrogen-bond acceptors (Lipinski definition) is 2. The van der Waals surface area contributed by atoms with E-state index >= 15 is 0 Å². The topological polar surface area (TPSA) is 60.2 Å². The van der Waals surface area contributed by atoms with Crippen molar-refractivity contribution in [2.45, 2.75) is 20.0 Å². The lowest BCUT2D eigenvalue weighted by Gasteiger charge is -2.11. The summed E-state index contributed by atoms with van der Waals surface area (Å²) in [6, 6.07) is 19.8. The third-order valence-electron chi connectivity index (χ3n) is 3.15. The molecule has 0 radical (unpaired) electrons. The minimum Gasteiger partial charge on any atom is -0.357 e. The van der Waals surface area contributed by atoms with Crippen LogP contribution in [-0.4, -0.2) is 12.5 Å². The number of nitriles is 1. The molecule has 2 aromatic rings. The number of nitrogens with zero attached hydrogens (tertiary/aromatic N) is 2. The molecule has 0 spiro atoms. The number of benzene rings is 2. The molecule has 0 bridgehead atoms. The molecule has 2 rings (SSSR count). The minimum absolute atomic E-state index is 0.642. The van der Waals surface area contributed by atoms with Crippen LogP contribution < -0.4 is 10.6 Å².